The van der Waals surface area contributed by atoms with Crippen molar-refractivity contribution < 1.29 is 24.6 Å². The molecule has 7 heteroatoms. The molecule has 1 unspecified atom stereocenters. The van der Waals surface area contributed by atoms with Crippen molar-refractivity contribution >= 4 is 17.8 Å². The molecule has 0 heterocycles. The molecule has 0 aromatic carbocycles. The van der Waals surface area contributed by atoms with Gasteiger partial charge in [-0.15, -0.1) is 0 Å². The number of aliphatic hydroxyl groups is 1. The van der Waals surface area contributed by atoms with Crippen LogP contribution in [0.3, 0.4) is 0 Å². The maximum absolute atomic E-state index is 14.4. The van der Waals surface area contributed by atoms with E-state index in [1.54, 1.807) is 6.92 Å². The molecule has 0 radical (unpaired) electrons. The highest BCUT2D eigenvalue weighted by Gasteiger charge is 2.71. The van der Waals surface area contributed by atoms with E-state index >= 15 is 0 Å². The molecule has 5 aliphatic carbocycles. The van der Waals surface area contributed by atoms with Crippen molar-refractivity contribution in [3.63, 3.8) is 0 Å². The van der Waals surface area contributed by atoms with Gasteiger partial charge in [-0.25, -0.2) is 0 Å². The zero-order valence-electron chi connectivity index (χ0n) is 32.1. The first-order chi connectivity index (χ1) is 22.9. The van der Waals surface area contributed by atoms with E-state index in [0.29, 0.717) is 48.5 Å². The summed E-state index contributed by atoms with van der Waals surface area (Å²) in [5, 5.41) is 26.2. The molecular formula is C42H70N2O5. The first kappa shape index (κ1) is 38.3. The number of carbonyl (C=O) groups excluding carboxylic acids is 2. The minimum Gasteiger partial charge on any atom is -0.481 e. The average molecular weight is 683 g/mol. The third kappa shape index (κ3) is 6.65. The Hall–Kier alpha value is -1.89. The Bertz CT molecular complexity index is 1260. The smallest absolute Gasteiger partial charge is 0.305 e. The number of rotatable bonds is 13. The number of carboxylic acids is 1. The lowest BCUT2D eigenvalue weighted by Crippen LogP contribution is -2.67. The fourth-order valence-corrected chi connectivity index (χ4v) is 13.5. The molecular weight excluding hydrogens is 612 g/mol. The molecule has 2 amide bonds. The summed E-state index contributed by atoms with van der Waals surface area (Å²) < 4.78 is 0. The van der Waals surface area contributed by atoms with Gasteiger partial charge in [-0.05, 0) is 142 Å². The van der Waals surface area contributed by atoms with Gasteiger partial charge in [-0.3, -0.25) is 14.4 Å². The Labute approximate surface area is 297 Å². The van der Waals surface area contributed by atoms with Gasteiger partial charge in [0.05, 0.1) is 17.9 Å². The Morgan fingerprint density at radius 2 is 1.51 bits per heavy atom. The molecule has 0 aromatic heterocycles. The van der Waals surface area contributed by atoms with E-state index in [0.717, 1.165) is 70.6 Å². The number of allylic oxidation sites excluding steroid dienone is 1. The standard InChI is InChI=1S/C42H70N2O5/c1-27(2)29-17-22-42(37(49)43-25-13-11-9-10-12-14-34(46)44-28(3)26-35(47)48)24-23-40(7)30(36(29)42)15-16-32-39(6)20-19-33(45)38(4,5)31(39)18-21-41(32,40)8/h28-33,36,45H,1,9-26H2,2-8H3,(H,43,49)(H,44,46)(H,47,48)/t28?,29-,30+,31-,32+,33-,36+,39-,40+,41+,42-/m0/s1. The molecule has 0 aliphatic heterocycles. The summed E-state index contributed by atoms with van der Waals surface area (Å²) in [5.41, 5.74) is 1.62. The number of nitrogens with one attached hydrogen (secondary N) is 2. The molecule has 4 N–H and O–H groups in total. The number of carboxylic acid groups (broad SMARTS) is 1. The van der Waals surface area contributed by atoms with Gasteiger partial charge in [0.1, 0.15) is 0 Å². The number of aliphatic hydroxyl groups excluding tert-OH is 1. The van der Waals surface area contributed by atoms with Crippen LogP contribution >= 0.6 is 0 Å². The van der Waals surface area contributed by atoms with Gasteiger partial charge in [-0.2, -0.15) is 0 Å². The second-order valence-corrected chi connectivity index (χ2v) is 19.1. The van der Waals surface area contributed by atoms with E-state index in [1.807, 2.05) is 0 Å². The van der Waals surface area contributed by atoms with Crippen LogP contribution in [-0.2, 0) is 14.4 Å². The van der Waals surface area contributed by atoms with Crippen LogP contribution in [0.2, 0.25) is 0 Å². The van der Waals surface area contributed by atoms with E-state index in [-0.39, 0.29) is 51.5 Å². The quantitative estimate of drug-likeness (QED) is 0.115. The molecule has 0 spiro atoms. The van der Waals surface area contributed by atoms with Crippen LogP contribution in [0.5, 0.6) is 0 Å². The zero-order chi connectivity index (χ0) is 36.0. The maximum atomic E-state index is 14.4. The molecule has 5 fully saturated rings. The van der Waals surface area contributed by atoms with E-state index in [4.69, 9.17) is 5.11 Å². The summed E-state index contributed by atoms with van der Waals surface area (Å²) >= 11 is 0. The molecule has 7 nitrogen and oxygen atoms in total. The van der Waals surface area contributed by atoms with Crippen molar-refractivity contribution in [2.24, 2.45) is 56.7 Å². The van der Waals surface area contributed by atoms with E-state index in [2.05, 4.69) is 58.8 Å². The molecule has 49 heavy (non-hydrogen) atoms. The third-order valence-electron chi connectivity index (χ3n) is 16.3. The number of fused-ring (bicyclic) bond motifs is 7. The van der Waals surface area contributed by atoms with E-state index < -0.39 is 5.97 Å². The highest BCUT2D eigenvalue weighted by Crippen LogP contribution is 2.77. The van der Waals surface area contributed by atoms with Crippen LogP contribution in [0, 0.1) is 56.7 Å². The van der Waals surface area contributed by atoms with Gasteiger partial charge in [0.15, 0.2) is 0 Å². The number of amides is 2. The Balaban J connectivity index is 1.20. The number of aliphatic carboxylic acids is 1. The number of carbonyl (C=O) groups is 3. The van der Waals surface area contributed by atoms with Crippen LogP contribution in [0.4, 0.5) is 0 Å². The van der Waals surface area contributed by atoms with Gasteiger partial charge in [0, 0.05) is 19.0 Å². The molecule has 0 bridgehead atoms. The van der Waals surface area contributed by atoms with E-state index in [1.165, 1.54) is 31.3 Å². The second kappa shape index (κ2) is 14.3. The molecule has 0 saturated heterocycles. The maximum Gasteiger partial charge on any atom is 0.305 e. The largest absolute Gasteiger partial charge is 0.481 e. The molecule has 278 valence electrons. The zero-order valence-corrected chi connectivity index (χ0v) is 32.1. The SMILES string of the molecule is C=C(C)[C@@H]1CC[C@]2(C(=O)NCCCCCCCC(=O)NC(C)CC(=O)O)CC[C@]3(C)[C@H](CC[C@@H]4[C@@]5(C)CC[C@H](O)C(C)(C)[C@@H]5CC[C@]43C)[C@@H]12. The lowest BCUT2D eigenvalue weighted by atomic mass is 9.32. The van der Waals surface area contributed by atoms with Crippen molar-refractivity contribution in [1.82, 2.24) is 10.6 Å². The van der Waals surface area contributed by atoms with Crippen molar-refractivity contribution in [1.29, 1.82) is 0 Å². The van der Waals surface area contributed by atoms with Gasteiger partial charge in [-0.1, -0.05) is 66.0 Å². The summed E-state index contributed by atoms with van der Waals surface area (Å²) in [7, 11) is 0. The van der Waals surface area contributed by atoms with Gasteiger partial charge >= 0.3 is 5.97 Å². The Kier molecular flexibility index (Phi) is 11.2. The fraction of sp³-hybridized carbons (Fsp3) is 0.881. The summed E-state index contributed by atoms with van der Waals surface area (Å²) in [6.45, 7) is 21.7. The summed E-state index contributed by atoms with van der Waals surface area (Å²) in [5.74, 6) is 1.84. The molecule has 0 aromatic rings. The lowest BCUT2D eigenvalue weighted by molar-refractivity contribution is -0.246. The van der Waals surface area contributed by atoms with Gasteiger partial charge in [0.25, 0.3) is 0 Å². The Morgan fingerprint density at radius 3 is 2.20 bits per heavy atom. The van der Waals surface area contributed by atoms with Crippen LogP contribution in [0.15, 0.2) is 12.2 Å². The summed E-state index contributed by atoms with van der Waals surface area (Å²) in [6.07, 6.45) is 16.0. The highest BCUT2D eigenvalue weighted by atomic mass is 16.4. The van der Waals surface area contributed by atoms with Crippen LogP contribution in [0.1, 0.15) is 158 Å². The first-order valence-electron chi connectivity index (χ1n) is 20.1. The molecule has 5 saturated carbocycles. The third-order valence-corrected chi connectivity index (χ3v) is 16.3. The van der Waals surface area contributed by atoms with Crippen molar-refractivity contribution in [3.05, 3.63) is 12.2 Å². The van der Waals surface area contributed by atoms with Crippen molar-refractivity contribution in [3.8, 4) is 0 Å². The Morgan fingerprint density at radius 1 is 0.816 bits per heavy atom. The summed E-state index contributed by atoms with van der Waals surface area (Å²) in [4.78, 5) is 37.3. The number of unbranched alkanes of at least 4 members (excludes halogenated alkanes) is 4. The van der Waals surface area contributed by atoms with Gasteiger partial charge in [0.2, 0.25) is 11.8 Å². The highest BCUT2D eigenvalue weighted by molar-refractivity contribution is 5.84. The van der Waals surface area contributed by atoms with Crippen LogP contribution in [-0.4, -0.2) is 46.7 Å². The van der Waals surface area contributed by atoms with Crippen molar-refractivity contribution in [2.75, 3.05) is 6.54 Å². The number of hydrogen-bond acceptors (Lipinski definition) is 4. The second-order valence-electron chi connectivity index (χ2n) is 19.1. The van der Waals surface area contributed by atoms with Gasteiger partial charge < -0.3 is 20.8 Å². The molecule has 5 aliphatic rings. The van der Waals surface area contributed by atoms with Crippen molar-refractivity contribution in [2.45, 2.75) is 170 Å². The predicted octanol–water partition coefficient (Wildman–Crippen LogP) is 8.44. The molecule has 11 atom stereocenters. The first-order valence-corrected chi connectivity index (χ1v) is 20.1. The van der Waals surface area contributed by atoms with Crippen LogP contribution < -0.4 is 10.6 Å². The van der Waals surface area contributed by atoms with Crippen LogP contribution in [0.25, 0.3) is 0 Å². The lowest BCUT2D eigenvalue weighted by Gasteiger charge is -2.72. The monoisotopic (exact) mass is 683 g/mol. The fourth-order valence-electron chi connectivity index (χ4n) is 13.5. The topological polar surface area (TPSA) is 116 Å². The van der Waals surface area contributed by atoms with E-state index in [9.17, 15) is 19.5 Å². The minimum absolute atomic E-state index is 0.0394. The molecule has 5 rings (SSSR count). The summed E-state index contributed by atoms with van der Waals surface area (Å²) in [6, 6.07) is -0.349. The average Bonchev–Trinajstić information content (AvgIpc) is 3.42. The normalized spacial score (nSPS) is 41.3. The minimum atomic E-state index is -0.903. The predicted molar refractivity (Wildman–Crippen MR) is 196 cm³/mol. The number of hydrogen-bond donors (Lipinski definition) is 4.